The summed E-state index contributed by atoms with van der Waals surface area (Å²) in [5, 5.41) is 11.0. The van der Waals surface area contributed by atoms with Crippen LogP contribution in [0, 0.1) is 28.6 Å². The minimum absolute atomic E-state index is 0.0320. The Bertz CT molecular complexity index is 542. The molecule has 0 amide bonds. The second-order valence-corrected chi connectivity index (χ2v) is 8.85. The molecule has 3 nitrogen and oxygen atoms in total. The summed E-state index contributed by atoms with van der Waals surface area (Å²) in [7, 11) is 0. The maximum absolute atomic E-state index is 11.8. The Kier molecular flexibility index (Phi) is 3.16. The van der Waals surface area contributed by atoms with Crippen molar-refractivity contribution >= 4 is 5.78 Å². The largest absolute Gasteiger partial charge is 0.393 e. The van der Waals surface area contributed by atoms with Crippen LogP contribution >= 0.6 is 0 Å². The van der Waals surface area contributed by atoms with E-state index in [1.54, 1.807) is 0 Å². The van der Waals surface area contributed by atoms with Crippen LogP contribution in [0.4, 0.5) is 0 Å². The molecule has 4 rings (SSSR count). The number of fused-ring (bicyclic) bond motifs is 5. The molecule has 3 fully saturated rings. The third kappa shape index (κ3) is 1.78. The van der Waals surface area contributed by atoms with Crippen molar-refractivity contribution in [2.45, 2.75) is 70.9 Å². The summed E-state index contributed by atoms with van der Waals surface area (Å²) >= 11 is 0. The van der Waals surface area contributed by atoms with Crippen LogP contribution in [0.2, 0.25) is 0 Å². The van der Waals surface area contributed by atoms with Crippen LogP contribution in [0.3, 0.4) is 0 Å². The van der Waals surface area contributed by atoms with Gasteiger partial charge in [-0.15, -0.1) is 0 Å². The van der Waals surface area contributed by atoms with E-state index in [0.717, 1.165) is 32.1 Å². The first kappa shape index (κ1) is 14.9. The second-order valence-electron chi connectivity index (χ2n) is 8.85. The van der Waals surface area contributed by atoms with Gasteiger partial charge >= 0.3 is 0 Å². The Hall–Kier alpha value is -0.670. The maximum Gasteiger partial charge on any atom is 0.155 e. The minimum Gasteiger partial charge on any atom is -0.393 e. The fourth-order valence-corrected chi connectivity index (χ4v) is 6.73. The van der Waals surface area contributed by atoms with Crippen LogP contribution in [0.15, 0.2) is 11.6 Å². The first-order valence-electron chi connectivity index (χ1n) is 9.04. The zero-order valence-electron chi connectivity index (χ0n) is 13.8. The van der Waals surface area contributed by atoms with Gasteiger partial charge in [0.1, 0.15) is 0 Å². The molecule has 0 radical (unpaired) electrons. The zero-order chi connectivity index (χ0) is 15.7. The molecule has 3 N–H and O–H groups in total. The molecule has 3 heteroatoms. The first-order chi connectivity index (χ1) is 10.4. The van der Waals surface area contributed by atoms with Crippen LogP contribution < -0.4 is 5.73 Å². The summed E-state index contributed by atoms with van der Waals surface area (Å²) in [5.74, 6) is 1.84. The molecule has 0 heterocycles. The fourth-order valence-electron chi connectivity index (χ4n) is 6.73. The van der Waals surface area contributed by atoms with Gasteiger partial charge in [0, 0.05) is 12.5 Å². The number of hydrogen-bond acceptors (Lipinski definition) is 3. The molecule has 0 aromatic rings. The van der Waals surface area contributed by atoms with Gasteiger partial charge in [-0.1, -0.05) is 19.4 Å². The number of hydrogen-bond donors (Lipinski definition) is 2. The lowest BCUT2D eigenvalue weighted by molar-refractivity contribution is -0.129. The Morgan fingerprint density at radius 1 is 1.23 bits per heavy atom. The van der Waals surface area contributed by atoms with E-state index in [2.05, 4.69) is 13.8 Å². The van der Waals surface area contributed by atoms with Gasteiger partial charge < -0.3 is 10.8 Å². The van der Waals surface area contributed by atoms with E-state index in [1.807, 2.05) is 6.08 Å². The Morgan fingerprint density at radius 2 is 2.00 bits per heavy atom. The number of nitrogens with two attached hydrogens (primary N) is 1. The summed E-state index contributed by atoms with van der Waals surface area (Å²) in [6.45, 7) is 4.62. The summed E-state index contributed by atoms with van der Waals surface area (Å²) in [4.78, 5) is 11.8. The highest BCUT2D eigenvalue weighted by atomic mass is 16.3. The number of allylic oxidation sites excluding steroid dienone is 1. The van der Waals surface area contributed by atoms with E-state index in [4.69, 9.17) is 5.73 Å². The van der Waals surface area contributed by atoms with Gasteiger partial charge in [-0.3, -0.25) is 4.79 Å². The van der Waals surface area contributed by atoms with Crippen molar-refractivity contribution in [1.82, 2.24) is 0 Å². The normalized spacial score (nSPS) is 54.3. The number of carbonyl (C=O) groups is 1. The van der Waals surface area contributed by atoms with Gasteiger partial charge in [0.25, 0.3) is 0 Å². The molecule has 0 aromatic carbocycles. The highest BCUT2D eigenvalue weighted by molar-refractivity contribution is 5.91. The summed E-state index contributed by atoms with van der Waals surface area (Å²) in [6.07, 6.45) is 8.55. The van der Waals surface area contributed by atoms with E-state index in [9.17, 15) is 9.90 Å². The molecule has 1 unspecified atom stereocenters. The average Bonchev–Trinajstić information content (AvgIpc) is 2.75. The lowest BCUT2D eigenvalue weighted by Gasteiger charge is -2.59. The van der Waals surface area contributed by atoms with Gasteiger partial charge in [0.2, 0.25) is 0 Å². The second kappa shape index (κ2) is 4.67. The summed E-state index contributed by atoms with van der Waals surface area (Å²) in [5.41, 5.74) is 7.88. The summed E-state index contributed by atoms with van der Waals surface area (Å²) < 4.78 is 0. The maximum atomic E-state index is 11.8. The van der Waals surface area contributed by atoms with Crippen molar-refractivity contribution in [3.63, 3.8) is 0 Å². The molecule has 0 aliphatic heterocycles. The number of carbonyl (C=O) groups excluding carboxylic acids is 1. The van der Waals surface area contributed by atoms with Crippen LogP contribution in [-0.2, 0) is 4.79 Å². The van der Waals surface area contributed by atoms with E-state index >= 15 is 0 Å². The smallest absolute Gasteiger partial charge is 0.155 e. The van der Waals surface area contributed by atoms with Crippen molar-refractivity contribution < 1.29 is 9.90 Å². The van der Waals surface area contributed by atoms with Crippen LogP contribution in [-0.4, -0.2) is 23.0 Å². The zero-order valence-corrected chi connectivity index (χ0v) is 13.8. The van der Waals surface area contributed by atoms with E-state index < -0.39 is 0 Å². The molecule has 0 bridgehead atoms. The van der Waals surface area contributed by atoms with E-state index in [-0.39, 0.29) is 28.8 Å². The molecule has 0 spiro atoms. The highest BCUT2D eigenvalue weighted by Gasteiger charge is 2.61. The minimum atomic E-state index is -0.266. The van der Waals surface area contributed by atoms with Crippen molar-refractivity contribution in [3.05, 3.63) is 11.6 Å². The third-order valence-electron chi connectivity index (χ3n) is 7.97. The van der Waals surface area contributed by atoms with Gasteiger partial charge in [0.15, 0.2) is 5.78 Å². The fraction of sp³-hybridized carbons (Fsp3) is 0.842. The quantitative estimate of drug-likeness (QED) is 0.723. The molecule has 122 valence electrons. The van der Waals surface area contributed by atoms with Crippen LogP contribution in [0.1, 0.15) is 58.8 Å². The molecule has 4 aliphatic carbocycles. The molecule has 7 atom stereocenters. The predicted molar refractivity (Wildman–Crippen MR) is 86.1 cm³/mol. The monoisotopic (exact) mass is 303 g/mol. The molecule has 4 aliphatic rings. The molecule has 0 saturated heterocycles. The van der Waals surface area contributed by atoms with Crippen molar-refractivity contribution in [2.75, 3.05) is 0 Å². The van der Waals surface area contributed by atoms with E-state index in [0.29, 0.717) is 24.2 Å². The lowest BCUT2D eigenvalue weighted by atomic mass is 9.46. The number of aliphatic hydroxyl groups excluding tert-OH is 1. The molecule has 3 saturated carbocycles. The van der Waals surface area contributed by atoms with Gasteiger partial charge in [0.05, 0.1) is 6.10 Å². The number of rotatable bonds is 0. The molecular weight excluding hydrogens is 274 g/mol. The molecule has 22 heavy (non-hydrogen) atoms. The highest BCUT2D eigenvalue weighted by Crippen LogP contribution is 2.64. The van der Waals surface area contributed by atoms with Gasteiger partial charge in [-0.25, -0.2) is 0 Å². The lowest BCUT2D eigenvalue weighted by Crippen LogP contribution is -2.58. The summed E-state index contributed by atoms with van der Waals surface area (Å²) in [6, 6.07) is 0.241. The molecular formula is C19H29NO2. The first-order valence-corrected chi connectivity index (χ1v) is 9.04. The van der Waals surface area contributed by atoms with Gasteiger partial charge in [-0.2, -0.15) is 0 Å². The standard InChI is InChI=1S/C19H29NO2/c1-18-8-7-12(21)9-11(18)3-4-13-14-5-6-16(20)19(14,2)10-15(22)17(13)18/h9,13-17,22H,3-8,10,20H2,1-2H3/t13-,14-,15-,16?,17+,18-,19-/m0/s1. The van der Waals surface area contributed by atoms with Crippen molar-refractivity contribution in [3.8, 4) is 0 Å². The number of ketones is 1. The van der Waals surface area contributed by atoms with Crippen molar-refractivity contribution in [2.24, 2.45) is 34.3 Å². The molecule has 0 aromatic heterocycles. The topological polar surface area (TPSA) is 63.3 Å². The van der Waals surface area contributed by atoms with Crippen LogP contribution in [0.5, 0.6) is 0 Å². The number of aliphatic hydroxyl groups is 1. The Labute approximate surface area is 133 Å². The van der Waals surface area contributed by atoms with Gasteiger partial charge in [-0.05, 0) is 73.2 Å². The van der Waals surface area contributed by atoms with Crippen molar-refractivity contribution in [1.29, 1.82) is 0 Å². The SMILES string of the molecule is C[C@]12CCC(=O)C=C1CC[C@@H]1[C@@H]2[C@@H](O)C[C@]2(C)C(N)CC[C@@H]12. The predicted octanol–water partition coefficient (Wildman–Crippen LogP) is 2.82. The average molecular weight is 303 g/mol. The third-order valence-corrected chi connectivity index (χ3v) is 7.97. The Balaban J connectivity index is 1.74. The van der Waals surface area contributed by atoms with Crippen LogP contribution in [0.25, 0.3) is 0 Å². The Morgan fingerprint density at radius 3 is 2.77 bits per heavy atom. The van der Waals surface area contributed by atoms with E-state index in [1.165, 1.54) is 12.0 Å².